The molecule has 1 aliphatic rings. The van der Waals surface area contributed by atoms with Crippen LogP contribution in [0.5, 0.6) is 0 Å². The minimum Gasteiger partial charge on any atom is -0.457 e. The molecule has 0 bridgehead atoms. The molecule has 1 saturated heterocycles. The Labute approximate surface area is 210 Å². The third kappa shape index (κ3) is 5.11. The summed E-state index contributed by atoms with van der Waals surface area (Å²) in [5.74, 6) is -0.748. The maximum atomic E-state index is 13.1. The van der Waals surface area contributed by atoms with E-state index in [1.807, 2.05) is 0 Å². The number of anilines is 1. The smallest absolute Gasteiger partial charge is 0.416 e. The molecule has 1 amide bonds. The summed E-state index contributed by atoms with van der Waals surface area (Å²) in [5, 5.41) is 10.9. The summed E-state index contributed by atoms with van der Waals surface area (Å²) in [4.78, 5) is 23.6. The van der Waals surface area contributed by atoms with Crippen LogP contribution in [0.1, 0.15) is 11.3 Å². The van der Waals surface area contributed by atoms with Crippen LogP contribution in [0.4, 0.5) is 24.5 Å². The molecular weight excluding hydrogens is 549 g/mol. The topological polar surface area (TPSA) is 131 Å². The van der Waals surface area contributed by atoms with Crippen LogP contribution >= 0.6 is 23.4 Å². The maximum Gasteiger partial charge on any atom is 0.416 e. The quantitative estimate of drug-likeness (QED) is 0.179. The lowest BCUT2D eigenvalue weighted by Gasteiger charge is -2.21. The fraction of sp³-hybridized carbons (Fsp3) is 0.0952. The third-order valence-electron chi connectivity index (χ3n) is 4.90. The van der Waals surface area contributed by atoms with E-state index < -0.39 is 37.4 Å². The highest BCUT2D eigenvalue weighted by molar-refractivity contribution is 8.15. The van der Waals surface area contributed by atoms with Crippen LogP contribution in [-0.4, -0.2) is 28.5 Å². The van der Waals surface area contributed by atoms with Gasteiger partial charge in [0.1, 0.15) is 11.5 Å². The summed E-state index contributed by atoms with van der Waals surface area (Å²) in [7, 11) is -4.92. The number of hydrogen-bond donors (Lipinski definition) is 1. The van der Waals surface area contributed by atoms with Crippen molar-refractivity contribution in [1.82, 2.24) is 0 Å². The van der Waals surface area contributed by atoms with Gasteiger partial charge in [-0.2, -0.15) is 21.6 Å². The van der Waals surface area contributed by atoms with Gasteiger partial charge in [0.2, 0.25) is 4.71 Å². The lowest BCUT2D eigenvalue weighted by Crippen LogP contribution is -2.37. The molecule has 4 rings (SSSR count). The van der Waals surface area contributed by atoms with E-state index in [-0.39, 0.29) is 32.8 Å². The number of non-ortho nitro benzene ring substituents is 1. The normalized spacial score (nSPS) is 17.7. The van der Waals surface area contributed by atoms with Crippen LogP contribution in [0.25, 0.3) is 17.4 Å². The van der Waals surface area contributed by atoms with Gasteiger partial charge in [0, 0.05) is 29.5 Å². The largest absolute Gasteiger partial charge is 0.457 e. The first-order valence-corrected chi connectivity index (χ1v) is 12.4. The van der Waals surface area contributed by atoms with E-state index in [9.17, 15) is 41.1 Å². The van der Waals surface area contributed by atoms with Gasteiger partial charge < -0.3 is 4.42 Å². The molecule has 0 radical (unpaired) electrons. The molecule has 36 heavy (non-hydrogen) atoms. The standard InChI is InChI=1S/C21H12ClF3N2O7S2/c22-16-9-13(27(29)30)4-6-15(16)17-7-5-14(34-17)10-18-19(28)26(20(35-18)36(31,32)33)12-3-1-2-11(8-12)21(23,24)25/h1-10,20H,(H,31,32,33). The number of amides is 1. The number of alkyl halides is 3. The number of nitrogens with zero attached hydrogens (tertiary/aromatic N) is 2. The molecule has 1 unspecified atom stereocenters. The number of furan rings is 1. The zero-order chi connectivity index (χ0) is 26.4. The van der Waals surface area contributed by atoms with Crippen LogP contribution in [0.3, 0.4) is 0 Å². The Hall–Kier alpha value is -3.33. The predicted octanol–water partition coefficient (Wildman–Crippen LogP) is 5.82. The lowest BCUT2D eigenvalue weighted by molar-refractivity contribution is -0.384. The van der Waals surface area contributed by atoms with Crippen molar-refractivity contribution in [2.75, 3.05) is 4.90 Å². The summed E-state index contributed by atoms with van der Waals surface area (Å²) < 4.78 is 76.6. The summed E-state index contributed by atoms with van der Waals surface area (Å²) >= 11 is 6.50. The van der Waals surface area contributed by atoms with Crippen molar-refractivity contribution >= 4 is 56.8 Å². The highest BCUT2D eigenvalue weighted by atomic mass is 35.5. The zero-order valence-electron chi connectivity index (χ0n) is 17.5. The van der Waals surface area contributed by atoms with Gasteiger partial charge in [0.05, 0.1) is 20.4 Å². The van der Waals surface area contributed by atoms with Crippen LogP contribution in [-0.2, 0) is 21.1 Å². The average molecular weight is 561 g/mol. The third-order valence-corrected chi connectivity index (χ3v) is 7.91. The molecule has 2 aromatic carbocycles. The molecule has 1 aliphatic heterocycles. The number of halogens is 4. The minimum atomic E-state index is -4.92. The summed E-state index contributed by atoms with van der Waals surface area (Å²) in [6.07, 6.45) is -3.59. The average Bonchev–Trinajstić information content (AvgIpc) is 3.38. The molecule has 0 spiro atoms. The molecular formula is C21H12ClF3N2O7S2. The molecule has 188 valence electrons. The molecule has 1 atom stereocenters. The Morgan fingerprint density at radius 3 is 2.50 bits per heavy atom. The molecule has 3 aromatic rings. The van der Waals surface area contributed by atoms with Gasteiger partial charge in [-0.1, -0.05) is 29.4 Å². The molecule has 0 saturated carbocycles. The molecule has 1 N–H and O–H groups in total. The Morgan fingerprint density at radius 2 is 1.89 bits per heavy atom. The van der Waals surface area contributed by atoms with E-state index in [2.05, 4.69) is 0 Å². The first-order valence-electron chi connectivity index (χ1n) is 9.65. The van der Waals surface area contributed by atoms with Crippen molar-refractivity contribution in [3.8, 4) is 11.3 Å². The molecule has 0 aliphatic carbocycles. The highest BCUT2D eigenvalue weighted by Gasteiger charge is 2.45. The molecule has 2 heterocycles. The van der Waals surface area contributed by atoms with Crippen molar-refractivity contribution in [3.05, 3.63) is 86.0 Å². The van der Waals surface area contributed by atoms with E-state index in [0.29, 0.717) is 28.3 Å². The number of thioether (sulfide) groups is 1. The van der Waals surface area contributed by atoms with Crippen LogP contribution < -0.4 is 4.90 Å². The van der Waals surface area contributed by atoms with Gasteiger partial charge in [-0.05, 0) is 36.4 Å². The van der Waals surface area contributed by atoms with E-state index in [4.69, 9.17) is 16.0 Å². The molecule has 1 aromatic heterocycles. The highest BCUT2D eigenvalue weighted by Crippen LogP contribution is 2.43. The van der Waals surface area contributed by atoms with E-state index >= 15 is 0 Å². The molecule has 1 fully saturated rings. The number of rotatable bonds is 5. The Bertz CT molecular complexity index is 1520. The van der Waals surface area contributed by atoms with Crippen LogP contribution in [0.15, 0.2) is 63.9 Å². The Morgan fingerprint density at radius 1 is 1.17 bits per heavy atom. The van der Waals surface area contributed by atoms with E-state index in [0.717, 1.165) is 30.3 Å². The van der Waals surface area contributed by atoms with Gasteiger partial charge in [0.15, 0.2) is 0 Å². The monoisotopic (exact) mass is 560 g/mol. The van der Waals surface area contributed by atoms with Crippen molar-refractivity contribution < 1.29 is 40.3 Å². The number of benzene rings is 2. The molecule has 9 nitrogen and oxygen atoms in total. The first-order chi connectivity index (χ1) is 16.8. The molecule has 15 heteroatoms. The maximum absolute atomic E-state index is 13.1. The van der Waals surface area contributed by atoms with E-state index in [1.165, 1.54) is 24.3 Å². The number of nitro benzene ring substituents is 1. The second kappa shape index (κ2) is 9.28. The SMILES string of the molecule is O=C1C(=Cc2ccc(-c3ccc([N+](=O)[O-])cc3Cl)o2)SC(S(=O)(=O)O)N1c1cccc(C(F)(F)F)c1. The van der Waals surface area contributed by atoms with Crippen LogP contribution in [0.2, 0.25) is 5.02 Å². The van der Waals surface area contributed by atoms with Crippen molar-refractivity contribution in [1.29, 1.82) is 0 Å². The zero-order valence-corrected chi connectivity index (χ0v) is 19.9. The first kappa shape index (κ1) is 25.8. The van der Waals surface area contributed by atoms with Crippen molar-refractivity contribution in [2.24, 2.45) is 0 Å². The number of carbonyl (C=O) groups is 1. The lowest BCUT2D eigenvalue weighted by atomic mass is 10.1. The number of hydrogen-bond acceptors (Lipinski definition) is 7. The Balaban J connectivity index is 1.69. The minimum absolute atomic E-state index is 0.0197. The van der Waals surface area contributed by atoms with Crippen molar-refractivity contribution in [3.63, 3.8) is 0 Å². The van der Waals surface area contributed by atoms with Gasteiger partial charge in [-0.15, -0.1) is 0 Å². The predicted molar refractivity (Wildman–Crippen MR) is 126 cm³/mol. The van der Waals surface area contributed by atoms with Crippen LogP contribution in [0, 0.1) is 10.1 Å². The van der Waals surface area contributed by atoms with Gasteiger partial charge >= 0.3 is 6.18 Å². The second-order valence-electron chi connectivity index (χ2n) is 7.29. The Kier molecular flexibility index (Phi) is 6.64. The summed E-state index contributed by atoms with van der Waals surface area (Å²) in [6.45, 7) is 0. The van der Waals surface area contributed by atoms with Gasteiger partial charge in [-0.25, -0.2) is 0 Å². The van der Waals surface area contributed by atoms with Gasteiger partial charge in [-0.3, -0.25) is 24.4 Å². The summed E-state index contributed by atoms with van der Waals surface area (Å²) in [6, 6.07) is 10.0. The fourth-order valence-electron chi connectivity index (χ4n) is 3.31. The second-order valence-corrected chi connectivity index (χ2v) is 10.6. The van der Waals surface area contributed by atoms with Crippen molar-refractivity contribution in [2.45, 2.75) is 10.9 Å². The van der Waals surface area contributed by atoms with E-state index in [1.54, 1.807) is 0 Å². The number of carbonyl (C=O) groups excluding carboxylic acids is 1. The van der Waals surface area contributed by atoms with Gasteiger partial charge in [0.25, 0.3) is 21.7 Å². The summed E-state index contributed by atoms with van der Waals surface area (Å²) in [5.41, 5.74) is -1.43. The number of nitro groups is 1. The fourth-order valence-corrected chi connectivity index (χ4v) is 5.78.